The molecule has 124 valence electrons. The van der Waals surface area contributed by atoms with E-state index in [-0.39, 0.29) is 10.8 Å². The molecule has 0 amide bonds. The molecule has 0 fully saturated rings. The summed E-state index contributed by atoms with van der Waals surface area (Å²) >= 11 is 12.3. The van der Waals surface area contributed by atoms with Crippen LogP contribution in [0, 0.1) is 0 Å². The van der Waals surface area contributed by atoms with Gasteiger partial charge in [-0.3, -0.25) is 4.90 Å². The van der Waals surface area contributed by atoms with E-state index in [1.165, 1.54) is 5.56 Å². The summed E-state index contributed by atoms with van der Waals surface area (Å²) < 4.78 is 0. The third-order valence-electron chi connectivity index (χ3n) is 3.65. The summed E-state index contributed by atoms with van der Waals surface area (Å²) in [5.74, 6) is 0.0170. The Morgan fingerprint density at radius 1 is 0.870 bits per heavy atom. The molecule has 5 heteroatoms. The minimum atomic E-state index is 0.0170. The maximum absolute atomic E-state index is 9.63. The minimum Gasteiger partial charge on any atom is -0.506 e. The first-order valence-electron chi connectivity index (χ1n) is 7.54. The average Bonchev–Trinajstić information content (AvgIpc) is 2.54. The Hall–Kier alpha value is -1.26. The fourth-order valence-electron chi connectivity index (χ4n) is 2.34. The van der Waals surface area contributed by atoms with Crippen molar-refractivity contribution in [1.29, 1.82) is 0 Å². The van der Waals surface area contributed by atoms with Crippen molar-refractivity contribution in [2.45, 2.75) is 13.1 Å². The third kappa shape index (κ3) is 5.40. The number of phenols is 1. The number of hydrogen-bond acceptors (Lipinski definition) is 3. The van der Waals surface area contributed by atoms with Crippen molar-refractivity contribution in [3.05, 3.63) is 63.6 Å². The van der Waals surface area contributed by atoms with Crippen LogP contribution >= 0.6 is 23.2 Å². The molecule has 0 aliphatic carbocycles. The zero-order valence-corrected chi connectivity index (χ0v) is 15.0. The van der Waals surface area contributed by atoms with E-state index in [1.54, 1.807) is 6.07 Å². The molecule has 0 aliphatic rings. The molecule has 0 bridgehead atoms. The van der Waals surface area contributed by atoms with Gasteiger partial charge in [-0.15, -0.1) is 0 Å². The minimum absolute atomic E-state index is 0.0170. The summed E-state index contributed by atoms with van der Waals surface area (Å²) in [6.45, 7) is 3.39. The Morgan fingerprint density at radius 2 is 1.57 bits per heavy atom. The molecular weight excluding hydrogens is 331 g/mol. The standard InChI is InChI=1S/C18H22Cl2N2O/c1-21(2)10-11-22(12-14-6-4-3-5-7-14)13-15-8-9-16(23)18(20)17(15)19/h3-9,23H,10-13H2,1-2H3. The average molecular weight is 353 g/mol. The van der Waals surface area contributed by atoms with Gasteiger partial charge in [-0.2, -0.15) is 0 Å². The van der Waals surface area contributed by atoms with Crippen LogP contribution in [-0.4, -0.2) is 42.1 Å². The van der Waals surface area contributed by atoms with Crippen LogP contribution in [0.25, 0.3) is 0 Å². The second-order valence-corrected chi connectivity index (χ2v) is 6.63. The molecule has 0 saturated heterocycles. The highest BCUT2D eigenvalue weighted by Crippen LogP contribution is 2.34. The quantitative estimate of drug-likeness (QED) is 0.806. The van der Waals surface area contributed by atoms with Crippen molar-refractivity contribution < 1.29 is 5.11 Å². The number of nitrogens with zero attached hydrogens (tertiary/aromatic N) is 2. The van der Waals surface area contributed by atoms with Crippen molar-refractivity contribution in [2.75, 3.05) is 27.2 Å². The van der Waals surface area contributed by atoms with Crippen molar-refractivity contribution in [1.82, 2.24) is 9.80 Å². The van der Waals surface area contributed by atoms with E-state index >= 15 is 0 Å². The molecule has 0 heterocycles. The van der Waals surface area contributed by atoms with Gasteiger partial charge in [0.25, 0.3) is 0 Å². The molecule has 23 heavy (non-hydrogen) atoms. The summed E-state index contributed by atoms with van der Waals surface area (Å²) in [6, 6.07) is 13.8. The van der Waals surface area contributed by atoms with E-state index in [4.69, 9.17) is 23.2 Å². The van der Waals surface area contributed by atoms with Crippen LogP contribution in [-0.2, 0) is 13.1 Å². The predicted molar refractivity (Wildman–Crippen MR) is 97.2 cm³/mol. The predicted octanol–water partition coefficient (Wildman–Crippen LogP) is 4.26. The second kappa shape index (κ2) is 8.55. The zero-order valence-electron chi connectivity index (χ0n) is 13.5. The van der Waals surface area contributed by atoms with Crippen LogP contribution < -0.4 is 0 Å². The van der Waals surface area contributed by atoms with E-state index in [0.29, 0.717) is 11.6 Å². The van der Waals surface area contributed by atoms with Gasteiger partial charge in [0.1, 0.15) is 10.8 Å². The molecule has 2 aromatic rings. The molecule has 2 aromatic carbocycles. The van der Waals surface area contributed by atoms with Crippen molar-refractivity contribution in [2.24, 2.45) is 0 Å². The Labute approximate surface area is 148 Å². The zero-order chi connectivity index (χ0) is 16.8. The number of phenolic OH excluding ortho intramolecular Hbond substituents is 1. The number of aromatic hydroxyl groups is 1. The van der Waals surface area contributed by atoms with Gasteiger partial charge in [0, 0.05) is 26.2 Å². The van der Waals surface area contributed by atoms with Crippen molar-refractivity contribution in [3.8, 4) is 5.75 Å². The van der Waals surface area contributed by atoms with Crippen LogP contribution in [0.15, 0.2) is 42.5 Å². The van der Waals surface area contributed by atoms with Gasteiger partial charge >= 0.3 is 0 Å². The van der Waals surface area contributed by atoms with E-state index in [0.717, 1.165) is 25.2 Å². The van der Waals surface area contributed by atoms with Gasteiger partial charge in [0.05, 0.1) is 5.02 Å². The summed E-state index contributed by atoms with van der Waals surface area (Å²) in [4.78, 5) is 4.48. The first-order chi connectivity index (χ1) is 11.0. The largest absolute Gasteiger partial charge is 0.506 e. The molecule has 0 spiro atoms. The van der Waals surface area contributed by atoms with E-state index < -0.39 is 0 Å². The molecule has 1 N–H and O–H groups in total. The Bertz CT molecular complexity index is 632. The SMILES string of the molecule is CN(C)CCN(Cc1ccccc1)Cc1ccc(O)c(Cl)c1Cl. The van der Waals surface area contributed by atoms with Gasteiger partial charge in [-0.1, -0.05) is 59.6 Å². The van der Waals surface area contributed by atoms with Gasteiger partial charge in [-0.05, 0) is 31.3 Å². The number of likely N-dealkylation sites (N-methyl/N-ethyl adjacent to an activating group) is 1. The number of halogens is 2. The summed E-state index contributed by atoms with van der Waals surface area (Å²) in [7, 11) is 4.12. The van der Waals surface area contributed by atoms with Crippen LogP contribution in [0.1, 0.15) is 11.1 Å². The lowest BCUT2D eigenvalue weighted by molar-refractivity contribution is 0.226. The van der Waals surface area contributed by atoms with Gasteiger partial charge in [-0.25, -0.2) is 0 Å². The van der Waals surface area contributed by atoms with Gasteiger partial charge in [0.2, 0.25) is 0 Å². The van der Waals surface area contributed by atoms with Crippen molar-refractivity contribution in [3.63, 3.8) is 0 Å². The maximum Gasteiger partial charge on any atom is 0.135 e. The molecule has 0 saturated carbocycles. The van der Waals surface area contributed by atoms with Gasteiger partial charge < -0.3 is 10.0 Å². The molecule has 0 unspecified atom stereocenters. The van der Waals surface area contributed by atoms with Crippen LogP contribution in [0.4, 0.5) is 0 Å². The number of rotatable bonds is 7. The number of hydrogen-bond donors (Lipinski definition) is 1. The smallest absolute Gasteiger partial charge is 0.135 e. The van der Waals surface area contributed by atoms with Crippen LogP contribution in [0.3, 0.4) is 0 Å². The lowest BCUT2D eigenvalue weighted by Gasteiger charge is -2.25. The highest BCUT2D eigenvalue weighted by atomic mass is 35.5. The highest BCUT2D eigenvalue weighted by molar-refractivity contribution is 6.43. The van der Waals surface area contributed by atoms with E-state index in [1.807, 2.05) is 24.3 Å². The summed E-state index contributed by atoms with van der Waals surface area (Å²) in [6.07, 6.45) is 0. The normalized spacial score (nSPS) is 11.4. The lowest BCUT2D eigenvalue weighted by Crippen LogP contribution is -2.31. The molecule has 0 aliphatic heterocycles. The fourth-order valence-corrected chi connectivity index (χ4v) is 2.74. The lowest BCUT2D eigenvalue weighted by atomic mass is 10.1. The third-order valence-corrected chi connectivity index (χ3v) is 4.56. The van der Waals surface area contributed by atoms with Crippen molar-refractivity contribution >= 4 is 23.2 Å². The van der Waals surface area contributed by atoms with E-state index in [9.17, 15) is 5.11 Å². The highest BCUT2D eigenvalue weighted by Gasteiger charge is 2.13. The number of benzene rings is 2. The molecule has 3 nitrogen and oxygen atoms in total. The summed E-state index contributed by atoms with van der Waals surface area (Å²) in [5.41, 5.74) is 2.18. The molecule has 0 atom stereocenters. The Morgan fingerprint density at radius 3 is 2.22 bits per heavy atom. The topological polar surface area (TPSA) is 26.7 Å². The fraction of sp³-hybridized carbons (Fsp3) is 0.333. The molecular formula is C18H22Cl2N2O. The first kappa shape index (κ1) is 18.1. The summed E-state index contributed by atoms with van der Waals surface area (Å²) in [5, 5.41) is 10.3. The molecule has 0 aromatic heterocycles. The van der Waals surface area contributed by atoms with Crippen LogP contribution in [0.2, 0.25) is 10.0 Å². The van der Waals surface area contributed by atoms with Gasteiger partial charge in [0.15, 0.2) is 0 Å². The van der Waals surface area contributed by atoms with Crippen LogP contribution in [0.5, 0.6) is 5.75 Å². The maximum atomic E-state index is 9.63. The monoisotopic (exact) mass is 352 g/mol. The first-order valence-corrected chi connectivity index (χ1v) is 8.30. The second-order valence-electron chi connectivity index (χ2n) is 5.87. The Balaban J connectivity index is 2.15. The molecule has 0 radical (unpaired) electrons. The Kier molecular flexibility index (Phi) is 6.72. The van der Waals surface area contributed by atoms with E-state index in [2.05, 4.69) is 36.0 Å². The molecule has 2 rings (SSSR count).